The van der Waals surface area contributed by atoms with Crippen LogP contribution in [-0.2, 0) is 14.6 Å². The number of nitrogens with one attached hydrogen (secondary N) is 1. The SMILES string of the molecule is CNCCCCS(=O)(=O)CCOC. The van der Waals surface area contributed by atoms with Crippen molar-refractivity contribution in [1.29, 1.82) is 0 Å². The van der Waals surface area contributed by atoms with Gasteiger partial charge in [-0.15, -0.1) is 0 Å². The summed E-state index contributed by atoms with van der Waals surface area (Å²) in [6, 6.07) is 0. The minimum atomic E-state index is -2.88. The number of rotatable bonds is 8. The van der Waals surface area contributed by atoms with Crippen molar-refractivity contribution >= 4 is 9.84 Å². The van der Waals surface area contributed by atoms with Crippen molar-refractivity contribution in [3.8, 4) is 0 Å². The Morgan fingerprint density at radius 3 is 2.46 bits per heavy atom. The summed E-state index contributed by atoms with van der Waals surface area (Å²) in [5.41, 5.74) is 0. The van der Waals surface area contributed by atoms with Crippen LogP contribution in [0.15, 0.2) is 0 Å². The van der Waals surface area contributed by atoms with Gasteiger partial charge in [0, 0.05) is 7.11 Å². The Morgan fingerprint density at radius 2 is 1.92 bits per heavy atom. The molecule has 0 aliphatic rings. The van der Waals surface area contributed by atoms with E-state index in [1.165, 1.54) is 7.11 Å². The molecule has 80 valence electrons. The van der Waals surface area contributed by atoms with E-state index in [1.54, 1.807) is 0 Å². The number of methoxy groups -OCH3 is 1. The van der Waals surface area contributed by atoms with Gasteiger partial charge in [-0.2, -0.15) is 0 Å². The van der Waals surface area contributed by atoms with Crippen LogP contribution in [0.25, 0.3) is 0 Å². The second-order valence-electron chi connectivity index (χ2n) is 2.96. The van der Waals surface area contributed by atoms with Gasteiger partial charge in [-0.05, 0) is 26.4 Å². The third kappa shape index (κ3) is 8.21. The molecular formula is C8H19NO3S. The molecule has 0 amide bonds. The smallest absolute Gasteiger partial charge is 0.152 e. The van der Waals surface area contributed by atoms with E-state index in [-0.39, 0.29) is 11.5 Å². The Balaban J connectivity index is 3.52. The molecular weight excluding hydrogens is 190 g/mol. The highest BCUT2D eigenvalue weighted by atomic mass is 32.2. The van der Waals surface area contributed by atoms with Crippen LogP contribution in [0.4, 0.5) is 0 Å². The molecule has 0 unspecified atom stereocenters. The van der Waals surface area contributed by atoms with Gasteiger partial charge in [0.2, 0.25) is 0 Å². The van der Waals surface area contributed by atoms with Crippen LogP contribution in [0, 0.1) is 0 Å². The summed E-state index contributed by atoms with van der Waals surface area (Å²) in [5.74, 6) is 0.418. The van der Waals surface area contributed by atoms with E-state index in [0.29, 0.717) is 6.61 Å². The molecule has 0 aromatic rings. The molecule has 0 aliphatic carbocycles. The largest absolute Gasteiger partial charge is 0.384 e. The Hall–Kier alpha value is -0.130. The van der Waals surface area contributed by atoms with Crippen molar-refractivity contribution in [3.63, 3.8) is 0 Å². The van der Waals surface area contributed by atoms with Crippen molar-refractivity contribution in [2.75, 3.05) is 38.8 Å². The van der Waals surface area contributed by atoms with Gasteiger partial charge in [-0.3, -0.25) is 0 Å². The second-order valence-corrected chi connectivity index (χ2v) is 5.26. The average molecular weight is 209 g/mol. The van der Waals surface area contributed by atoms with Crippen molar-refractivity contribution in [3.05, 3.63) is 0 Å². The molecule has 0 heterocycles. The summed E-state index contributed by atoms with van der Waals surface area (Å²) in [6.45, 7) is 1.17. The molecule has 0 aliphatic heterocycles. The van der Waals surface area contributed by atoms with Crippen LogP contribution in [0.1, 0.15) is 12.8 Å². The fraction of sp³-hybridized carbons (Fsp3) is 1.00. The van der Waals surface area contributed by atoms with Gasteiger partial charge in [0.05, 0.1) is 18.1 Å². The number of hydrogen-bond acceptors (Lipinski definition) is 4. The minimum absolute atomic E-state index is 0.142. The lowest BCUT2D eigenvalue weighted by atomic mass is 10.3. The highest BCUT2D eigenvalue weighted by Gasteiger charge is 2.08. The van der Waals surface area contributed by atoms with Gasteiger partial charge in [-0.1, -0.05) is 0 Å². The van der Waals surface area contributed by atoms with E-state index in [9.17, 15) is 8.42 Å². The number of sulfone groups is 1. The van der Waals surface area contributed by atoms with Crippen LogP contribution >= 0.6 is 0 Å². The lowest BCUT2D eigenvalue weighted by Crippen LogP contribution is -2.16. The molecule has 0 atom stereocenters. The first-order chi connectivity index (χ1) is 6.12. The quantitative estimate of drug-likeness (QED) is 0.574. The van der Waals surface area contributed by atoms with Gasteiger partial charge in [-0.25, -0.2) is 8.42 Å². The molecule has 0 spiro atoms. The van der Waals surface area contributed by atoms with E-state index in [0.717, 1.165) is 19.4 Å². The first-order valence-electron chi connectivity index (χ1n) is 4.46. The van der Waals surface area contributed by atoms with Crippen molar-refractivity contribution in [1.82, 2.24) is 5.32 Å². The van der Waals surface area contributed by atoms with E-state index in [2.05, 4.69) is 5.32 Å². The number of hydrogen-bond donors (Lipinski definition) is 1. The van der Waals surface area contributed by atoms with Gasteiger partial charge in [0.1, 0.15) is 0 Å². The van der Waals surface area contributed by atoms with Crippen molar-refractivity contribution in [2.24, 2.45) is 0 Å². The van der Waals surface area contributed by atoms with E-state index < -0.39 is 9.84 Å². The maximum Gasteiger partial charge on any atom is 0.152 e. The van der Waals surface area contributed by atoms with E-state index in [4.69, 9.17) is 4.74 Å². The Morgan fingerprint density at radius 1 is 1.23 bits per heavy atom. The zero-order valence-corrected chi connectivity index (χ0v) is 9.19. The molecule has 4 nitrogen and oxygen atoms in total. The van der Waals surface area contributed by atoms with Crippen LogP contribution in [0.5, 0.6) is 0 Å². The third-order valence-electron chi connectivity index (χ3n) is 1.73. The van der Waals surface area contributed by atoms with Crippen LogP contribution < -0.4 is 5.32 Å². The molecule has 0 aromatic heterocycles. The maximum absolute atomic E-state index is 11.3. The standard InChI is InChI=1S/C8H19NO3S/c1-9-5-3-4-7-13(10,11)8-6-12-2/h9H,3-8H2,1-2H3. The van der Waals surface area contributed by atoms with Gasteiger partial charge in [0.15, 0.2) is 9.84 Å². The zero-order chi connectivity index (χ0) is 10.2. The molecule has 0 saturated heterocycles. The molecule has 1 N–H and O–H groups in total. The van der Waals surface area contributed by atoms with Crippen LogP contribution in [-0.4, -0.2) is 47.2 Å². The lowest BCUT2D eigenvalue weighted by molar-refractivity contribution is 0.217. The maximum atomic E-state index is 11.3. The highest BCUT2D eigenvalue weighted by Crippen LogP contribution is 1.96. The van der Waals surface area contributed by atoms with E-state index in [1.807, 2.05) is 7.05 Å². The van der Waals surface area contributed by atoms with Gasteiger partial charge >= 0.3 is 0 Å². The monoisotopic (exact) mass is 209 g/mol. The minimum Gasteiger partial charge on any atom is -0.384 e. The molecule has 0 bridgehead atoms. The first-order valence-corrected chi connectivity index (χ1v) is 6.28. The lowest BCUT2D eigenvalue weighted by Gasteiger charge is -2.03. The Labute approximate surface area is 80.6 Å². The fourth-order valence-electron chi connectivity index (χ4n) is 0.936. The predicted octanol–water partition coefficient (Wildman–Crippen LogP) is 0.0472. The van der Waals surface area contributed by atoms with Gasteiger partial charge in [0.25, 0.3) is 0 Å². The Bertz CT molecular complexity index is 201. The summed E-state index contributed by atoms with van der Waals surface area (Å²) in [4.78, 5) is 0. The second kappa shape index (κ2) is 7.29. The fourth-order valence-corrected chi connectivity index (χ4v) is 2.20. The number of unbranched alkanes of at least 4 members (excludes halogenated alkanes) is 1. The third-order valence-corrected chi connectivity index (χ3v) is 3.43. The summed E-state index contributed by atoms with van der Waals surface area (Å²) < 4.78 is 27.2. The summed E-state index contributed by atoms with van der Waals surface area (Å²) in [7, 11) is 0.494. The van der Waals surface area contributed by atoms with Gasteiger partial charge < -0.3 is 10.1 Å². The summed E-state index contributed by atoms with van der Waals surface area (Å²) >= 11 is 0. The normalized spacial score (nSPS) is 11.8. The molecule has 0 aromatic carbocycles. The van der Waals surface area contributed by atoms with Crippen LogP contribution in [0.2, 0.25) is 0 Å². The zero-order valence-electron chi connectivity index (χ0n) is 8.38. The highest BCUT2D eigenvalue weighted by molar-refractivity contribution is 7.91. The summed E-state index contributed by atoms with van der Waals surface area (Å²) in [6.07, 6.45) is 1.63. The van der Waals surface area contributed by atoms with E-state index >= 15 is 0 Å². The topological polar surface area (TPSA) is 55.4 Å². The van der Waals surface area contributed by atoms with Crippen molar-refractivity contribution < 1.29 is 13.2 Å². The molecule has 0 fully saturated rings. The first kappa shape index (κ1) is 12.9. The molecule has 13 heavy (non-hydrogen) atoms. The predicted molar refractivity (Wildman–Crippen MR) is 53.7 cm³/mol. The number of ether oxygens (including phenoxy) is 1. The molecule has 5 heteroatoms. The van der Waals surface area contributed by atoms with Crippen molar-refractivity contribution in [2.45, 2.75) is 12.8 Å². The molecule has 0 rings (SSSR count). The van der Waals surface area contributed by atoms with Crippen LogP contribution in [0.3, 0.4) is 0 Å². The Kier molecular flexibility index (Phi) is 7.22. The molecule has 0 saturated carbocycles. The summed E-state index contributed by atoms with van der Waals surface area (Å²) in [5, 5.41) is 2.98. The average Bonchev–Trinajstić information content (AvgIpc) is 2.09. The molecule has 0 radical (unpaired) electrons.